The Kier molecular flexibility index (Phi) is 5.65. The number of piperidine rings is 1. The van der Waals surface area contributed by atoms with Crippen LogP contribution in [0.5, 0.6) is 0 Å². The predicted molar refractivity (Wildman–Crippen MR) is 98.5 cm³/mol. The van der Waals surface area contributed by atoms with E-state index in [2.05, 4.69) is 84.6 Å². The predicted octanol–water partition coefficient (Wildman–Crippen LogP) is 5.45. The number of rotatable bonds is 5. The molecule has 120 valence electrons. The van der Waals surface area contributed by atoms with E-state index in [0.29, 0.717) is 6.04 Å². The third-order valence-corrected chi connectivity index (χ3v) is 4.95. The van der Waals surface area contributed by atoms with Gasteiger partial charge in [-0.3, -0.25) is 4.90 Å². The Hall–Kier alpha value is -1.86. The number of nitrogens with zero attached hydrogens (tertiary/aromatic N) is 1. The highest BCUT2D eigenvalue weighted by molar-refractivity contribution is 5.31. The van der Waals surface area contributed by atoms with Gasteiger partial charge in [0.1, 0.15) is 0 Å². The highest BCUT2D eigenvalue weighted by atomic mass is 15.2. The van der Waals surface area contributed by atoms with E-state index in [0.717, 1.165) is 5.92 Å². The molecular weight excluding hydrogens is 278 g/mol. The van der Waals surface area contributed by atoms with E-state index in [4.69, 9.17) is 0 Å². The van der Waals surface area contributed by atoms with Crippen LogP contribution in [0.25, 0.3) is 0 Å². The van der Waals surface area contributed by atoms with E-state index in [1.54, 1.807) is 0 Å². The Morgan fingerprint density at radius 2 is 1.43 bits per heavy atom. The van der Waals surface area contributed by atoms with Gasteiger partial charge < -0.3 is 0 Å². The summed E-state index contributed by atoms with van der Waals surface area (Å²) in [7, 11) is 0. The summed E-state index contributed by atoms with van der Waals surface area (Å²) in [6.45, 7) is 4.50. The smallest absolute Gasteiger partial charge is 0.0601 e. The molecule has 0 saturated carbocycles. The second-order valence-electron chi connectivity index (χ2n) is 6.51. The van der Waals surface area contributed by atoms with Crippen LogP contribution in [-0.4, -0.2) is 18.0 Å². The van der Waals surface area contributed by atoms with Gasteiger partial charge in [-0.15, -0.1) is 0 Å². The summed E-state index contributed by atoms with van der Waals surface area (Å²) in [4.78, 5) is 2.66. The zero-order valence-corrected chi connectivity index (χ0v) is 14.1. The van der Waals surface area contributed by atoms with Gasteiger partial charge >= 0.3 is 0 Å². The fourth-order valence-corrected chi connectivity index (χ4v) is 3.66. The molecule has 0 aromatic heterocycles. The average Bonchev–Trinajstić information content (AvgIpc) is 2.63. The van der Waals surface area contributed by atoms with Gasteiger partial charge in [0.05, 0.1) is 6.04 Å². The minimum Gasteiger partial charge on any atom is -0.292 e. The Morgan fingerprint density at radius 3 is 1.91 bits per heavy atom. The maximum Gasteiger partial charge on any atom is 0.0601 e. The Bertz CT molecular complexity index is 555. The van der Waals surface area contributed by atoms with Crippen molar-refractivity contribution < 1.29 is 0 Å². The van der Waals surface area contributed by atoms with Crippen LogP contribution in [0.1, 0.15) is 43.4 Å². The first kappa shape index (κ1) is 16.0. The molecule has 0 unspecified atom stereocenters. The van der Waals surface area contributed by atoms with Crippen molar-refractivity contribution >= 4 is 0 Å². The van der Waals surface area contributed by atoms with Crippen molar-refractivity contribution in [3.63, 3.8) is 0 Å². The molecule has 0 atom stereocenters. The van der Waals surface area contributed by atoms with E-state index in [-0.39, 0.29) is 0 Å². The summed E-state index contributed by atoms with van der Waals surface area (Å²) < 4.78 is 0. The summed E-state index contributed by atoms with van der Waals surface area (Å²) in [5, 5.41) is 0. The molecule has 0 spiro atoms. The van der Waals surface area contributed by atoms with Crippen molar-refractivity contribution in [3.05, 3.63) is 83.9 Å². The molecule has 0 N–H and O–H groups in total. The highest BCUT2D eigenvalue weighted by Gasteiger charge is 2.26. The van der Waals surface area contributed by atoms with Crippen LogP contribution in [0, 0.1) is 5.92 Å². The Labute approximate surface area is 140 Å². The van der Waals surface area contributed by atoms with Crippen LogP contribution >= 0.6 is 0 Å². The Balaban J connectivity index is 1.78. The van der Waals surface area contributed by atoms with Crippen molar-refractivity contribution in [2.75, 3.05) is 13.1 Å². The van der Waals surface area contributed by atoms with E-state index in [9.17, 15) is 0 Å². The van der Waals surface area contributed by atoms with Crippen molar-refractivity contribution in [2.24, 2.45) is 5.92 Å². The molecule has 1 aliphatic rings. The van der Waals surface area contributed by atoms with Gasteiger partial charge in [-0.1, -0.05) is 72.8 Å². The molecule has 1 aliphatic heterocycles. The molecule has 1 heterocycles. The fraction of sp³-hybridized carbons (Fsp3) is 0.364. The summed E-state index contributed by atoms with van der Waals surface area (Å²) in [5.41, 5.74) is 2.82. The van der Waals surface area contributed by atoms with Gasteiger partial charge in [-0.2, -0.15) is 0 Å². The second-order valence-corrected chi connectivity index (χ2v) is 6.51. The van der Waals surface area contributed by atoms with Gasteiger partial charge in [0, 0.05) is 0 Å². The van der Waals surface area contributed by atoms with E-state index in [1.165, 1.54) is 43.5 Å². The lowest BCUT2D eigenvalue weighted by atomic mass is 9.89. The Morgan fingerprint density at radius 1 is 0.913 bits per heavy atom. The zero-order chi connectivity index (χ0) is 15.9. The molecule has 0 bridgehead atoms. The van der Waals surface area contributed by atoms with Crippen molar-refractivity contribution in [1.29, 1.82) is 0 Å². The zero-order valence-electron chi connectivity index (χ0n) is 14.1. The molecule has 0 radical (unpaired) electrons. The lowest BCUT2D eigenvalue weighted by Crippen LogP contribution is -2.37. The lowest BCUT2D eigenvalue weighted by Gasteiger charge is -2.38. The van der Waals surface area contributed by atoms with E-state index in [1.807, 2.05) is 0 Å². The normalized spacial score (nSPS) is 17.1. The molecule has 2 aromatic carbocycles. The molecule has 2 aromatic rings. The SMILES string of the molecule is C/C=C/CC1CCN(C(c2ccccc2)c2ccccc2)CC1. The van der Waals surface area contributed by atoms with Crippen LogP contribution in [0.15, 0.2) is 72.8 Å². The van der Waals surface area contributed by atoms with Gasteiger partial charge in [0.15, 0.2) is 0 Å². The molecule has 1 saturated heterocycles. The van der Waals surface area contributed by atoms with Crippen LogP contribution in [0.4, 0.5) is 0 Å². The minimum atomic E-state index is 0.389. The maximum atomic E-state index is 2.66. The van der Waals surface area contributed by atoms with E-state index >= 15 is 0 Å². The first-order valence-corrected chi connectivity index (χ1v) is 8.83. The first-order valence-electron chi connectivity index (χ1n) is 8.83. The average molecular weight is 305 g/mol. The van der Waals surface area contributed by atoms with Gasteiger partial charge in [0.25, 0.3) is 0 Å². The summed E-state index contributed by atoms with van der Waals surface area (Å²) in [6, 6.07) is 22.3. The van der Waals surface area contributed by atoms with Crippen LogP contribution in [0.2, 0.25) is 0 Å². The molecule has 0 aliphatic carbocycles. The molecule has 3 rings (SSSR count). The molecular formula is C22H27N. The largest absolute Gasteiger partial charge is 0.292 e. The number of benzene rings is 2. The highest BCUT2D eigenvalue weighted by Crippen LogP contribution is 2.33. The minimum absolute atomic E-state index is 0.389. The van der Waals surface area contributed by atoms with Gasteiger partial charge in [0.2, 0.25) is 0 Å². The molecule has 23 heavy (non-hydrogen) atoms. The summed E-state index contributed by atoms with van der Waals surface area (Å²) in [5.74, 6) is 0.856. The van der Waals surface area contributed by atoms with Crippen LogP contribution in [-0.2, 0) is 0 Å². The van der Waals surface area contributed by atoms with E-state index < -0.39 is 0 Å². The van der Waals surface area contributed by atoms with Gasteiger partial charge in [-0.05, 0) is 56.3 Å². The van der Waals surface area contributed by atoms with Crippen LogP contribution in [0.3, 0.4) is 0 Å². The van der Waals surface area contributed by atoms with Crippen molar-refractivity contribution in [2.45, 2.75) is 32.2 Å². The number of allylic oxidation sites excluding steroid dienone is 2. The second kappa shape index (κ2) is 8.12. The van der Waals surface area contributed by atoms with Crippen LogP contribution < -0.4 is 0 Å². The van der Waals surface area contributed by atoms with Crippen molar-refractivity contribution in [3.8, 4) is 0 Å². The summed E-state index contributed by atoms with van der Waals surface area (Å²) in [6.07, 6.45) is 8.36. The third kappa shape index (κ3) is 4.11. The monoisotopic (exact) mass is 305 g/mol. The topological polar surface area (TPSA) is 3.24 Å². The maximum absolute atomic E-state index is 2.66. The summed E-state index contributed by atoms with van der Waals surface area (Å²) >= 11 is 0. The number of likely N-dealkylation sites (tertiary alicyclic amines) is 1. The lowest BCUT2D eigenvalue weighted by molar-refractivity contribution is 0.152. The fourth-order valence-electron chi connectivity index (χ4n) is 3.66. The number of hydrogen-bond acceptors (Lipinski definition) is 1. The molecule has 1 nitrogen and oxygen atoms in total. The van der Waals surface area contributed by atoms with Crippen molar-refractivity contribution in [1.82, 2.24) is 4.90 Å². The van der Waals surface area contributed by atoms with Gasteiger partial charge in [-0.25, -0.2) is 0 Å². The quantitative estimate of drug-likeness (QED) is 0.664. The molecule has 1 heteroatoms. The molecule has 0 amide bonds. The standard InChI is InChI=1S/C22H27N/c1-2-3-10-19-15-17-23(18-16-19)22(20-11-6-4-7-12-20)21-13-8-5-9-14-21/h2-9,11-14,19,22H,10,15-18H2,1H3/b3-2+. The number of hydrogen-bond donors (Lipinski definition) is 0. The first-order chi connectivity index (χ1) is 11.4. The molecule has 1 fully saturated rings. The third-order valence-electron chi connectivity index (χ3n) is 4.95.